The van der Waals surface area contributed by atoms with Crippen LogP contribution in [0.3, 0.4) is 0 Å². The van der Waals surface area contributed by atoms with E-state index in [-0.39, 0.29) is 18.7 Å². The summed E-state index contributed by atoms with van der Waals surface area (Å²) in [6.45, 7) is -0.0722. The lowest BCUT2D eigenvalue weighted by Gasteiger charge is -2.00. The van der Waals surface area contributed by atoms with Crippen molar-refractivity contribution >= 4 is 11.1 Å². The van der Waals surface area contributed by atoms with Gasteiger partial charge in [-0.15, -0.1) is 0 Å². The molecule has 3 nitrogen and oxygen atoms in total. The van der Waals surface area contributed by atoms with Gasteiger partial charge in [-0.3, -0.25) is 0 Å². The molecule has 0 aliphatic rings. The zero-order valence-electron chi connectivity index (χ0n) is 4.92. The first-order chi connectivity index (χ1) is 4.16. The minimum atomic E-state index is -1.88. The topological polar surface area (TPSA) is 63.3 Å². The summed E-state index contributed by atoms with van der Waals surface area (Å²) in [6.07, 6.45) is -1.07. The SMILES string of the molecule is NCC(F)CCS(=O)O. The first-order valence-electron chi connectivity index (χ1n) is 2.58. The minimum Gasteiger partial charge on any atom is -0.328 e. The van der Waals surface area contributed by atoms with E-state index in [2.05, 4.69) is 0 Å². The quantitative estimate of drug-likeness (QED) is 0.557. The second-order valence-electron chi connectivity index (χ2n) is 1.65. The Morgan fingerprint density at radius 3 is 2.67 bits per heavy atom. The molecule has 0 spiro atoms. The van der Waals surface area contributed by atoms with E-state index in [0.29, 0.717) is 0 Å². The fourth-order valence-electron chi connectivity index (χ4n) is 0.347. The summed E-state index contributed by atoms with van der Waals surface area (Å²) in [5.41, 5.74) is 4.90. The summed E-state index contributed by atoms with van der Waals surface area (Å²) in [4.78, 5) is 0. The van der Waals surface area contributed by atoms with Crippen molar-refractivity contribution in [1.82, 2.24) is 0 Å². The molecule has 0 saturated carbocycles. The van der Waals surface area contributed by atoms with Crippen LogP contribution in [0.25, 0.3) is 0 Å². The molecule has 56 valence electrons. The van der Waals surface area contributed by atoms with E-state index in [1.165, 1.54) is 0 Å². The Balaban J connectivity index is 3.16. The van der Waals surface area contributed by atoms with Crippen molar-refractivity contribution in [1.29, 1.82) is 0 Å². The maximum absolute atomic E-state index is 12.1. The molecule has 0 heterocycles. The molecule has 3 N–H and O–H groups in total. The Labute approximate surface area is 55.7 Å². The molecule has 0 aromatic carbocycles. The number of alkyl halides is 1. The van der Waals surface area contributed by atoms with Crippen LogP contribution in [-0.2, 0) is 11.1 Å². The van der Waals surface area contributed by atoms with Gasteiger partial charge in [0.15, 0.2) is 11.1 Å². The molecule has 2 unspecified atom stereocenters. The van der Waals surface area contributed by atoms with Gasteiger partial charge in [-0.1, -0.05) is 0 Å². The Bertz CT molecular complexity index is 101. The van der Waals surface area contributed by atoms with E-state index in [0.717, 1.165) is 0 Å². The average molecular weight is 155 g/mol. The standard InChI is InChI=1S/C4H10FNO2S/c5-4(3-6)1-2-9(7)8/h4H,1-3,6H2,(H,7,8). The molecule has 0 aromatic heterocycles. The van der Waals surface area contributed by atoms with Crippen LogP contribution in [0.2, 0.25) is 0 Å². The van der Waals surface area contributed by atoms with Gasteiger partial charge in [0.05, 0.1) is 5.75 Å². The highest BCUT2D eigenvalue weighted by Gasteiger charge is 2.04. The van der Waals surface area contributed by atoms with Gasteiger partial charge in [-0.25, -0.2) is 8.60 Å². The van der Waals surface area contributed by atoms with Crippen LogP contribution < -0.4 is 5.73 Å². The molecule has 5 heteroatoms. The van der Waals surface area contributed by atoms with E-state index in [1.54, 1.807) is 0 Å². The van der Waals surface area contributed by atoms with Gasteiger partial charge in [0.1, 0.15) is 6.17 Å². The molecule has 0 aromatic rings. The molecule has 0 fully saturated rings. The molecular formula is C4H10FNO2S. The van der Waals surface area contributed by atoms with Gasteiger partial charge in [0, 0.05) is 6.54 Å². The summed E-state index contributed by atoms with van der Waals surface area (Å²) in [5.74, 6) is -0.0294. The highest BCUT2D eigenvalue weighted by Crippen LogP contribution is 1.95. The first kappa shape index (κ1) is 9.00. The molecule has 0 bridgehead atoms. The third-order valence-corrected chi connectivity index (χ3v) is 1.45. The number of hydrogen-bond donors (Lipinski definition) is 2. The van der Waals surface area contributed by atoms with Crippen LogP contribution in [-0.4, -0.2) is 27.2 Å². The third-order valence-electron chi connectivity index (χ3n) is 0.861. The van der Waals surface area contributed by atoms with E-state index in [4.69, 9.17) is 10.3 Å². The van der Waals surface area contributed by atoms with Gasteiger partial charge in [-0.05, 0) is 6.42 Å². The maximum atomic E-state index is 12.1. The third kappa shape index (κ3) is 5.88. The molecule has 9 heavy (non-hydrogen) atoms. The first-order valence-corrected chi connectivity index (χ1v) is 3.86. The Kier molecular flexibility index (Phi) is 4.84. The molecule has 0 rings (SSSR count). The second-order valence-corrected chi connectivity index (χ2v) is 2.70. The van der Waals surface area contributed by atoms with Crippen LogP contribution in [0, 0.1) is 0 Å². The summed E-state index contributed by atoms with van der Waals surface area (Å²) < 4.78 is 30.2. The van der Waals surface area contributed by atoms with Gasteiger partial charge in [0.2, 0.25) is 0 Å². The minimum absolute atomic E-state index is 0.0294. The van der Waals surface area contributed by atoms with E-state index in [9.17, 15) is 8.60 Å². The maximum Gasteiger partial charge on any atom is 0.152 e. The van der Waals surface area contributed by atoms with Crippen molar-refractivity contribution in [3.63, 3.8) is 0 Å². The zero-order chi connectivity index (χ0) is 7.28. The molecule has 0 saturated heterocycles. The van der Waals surface area contributed by atoms with Gasteiger partial charge in [-0.2, -0.15) is 0 Å². The Morgan fingerprint density at radius 1 is 1.78 bits per heavy atom. The highest BCUT2D eigenvalue weighted by molar-refractivity contribution is 7.79. The average Bonchev–Trinajstić information content (AvgIpc) is 1.83. The Hall–Kier alpha value is -0.0000000000000000486. The molecule has 0 radical (unpaired) electrons. The molecule has 0 aliphatic heterocycles. The lowest BCUT2D eigenvalue weighted by atomic mass is 10.3. The van der Waals surface area contributed by atoms with Crippen LogP contribution in [0.4, 0.5) is 4.39 Å². The summed E-state index contributed by atoms with van der Waals surface area (Å²) in [7, 11) is 0. The summed E-state index contributed by atoms with van der Waals surface area (Å²) in [5, 5.41) is 0. The fourth-order valence-corrected chi connectivity index (χ4v) is 0.804. The number of halogens is 1. The predicted molar refractivity (Wildman–Crippen MR) is 34.2 cm³/mol. The number of rotatable bonds is 4. The lowest BCUT2D eigenvalue weighted by molar-refractivity contribution is 0.333. The normalized spacial score (nSPS) is 17.2. The molecular weight excluding hydrogens is 145 g/mol. The summed E-state index contributed by atoms with van der Waals surface area (Å²) in [6, 6.07) is 0. The van der Waals surface area contributed by atoms with Gasteiger partial charge < -0.3 is 10.3 Å². The van der Waals surface area contributed by atoms with Gasteiger partial charge in [0.25, 0.3) is 0 Å². The predicted octanol–water partition coefficient (Wildman–Crippen LogP) is -0.105. The Morgan fingerprint density at radius 2 is 2.33 bits per heavy atom. The second kappa shape index (κ2) is 4.84. The van der Waals surface area contributed by atoms with Crippen molar-refractivity contribution in [3.8, 4) is 0 Å². The van der Waals surface area contributed by atoms with Crippen LogP contribution in [0.15, 0.2) is 0 Å². The van der Waals surface area contributed by atoms with Gasteiger partial charge >= 0.3 is 0 Å². The number of nitrogens with two attached hydrogens (primary N) is 1. The van der Waals surface area contributed by atoms with Crippen molar-refractivity contribution in [2.24, 2.45) is 5.73 Å². The zero-order valence-corrected chi connectivity index (χ0v) is 5.73. The van der Waals surface area contributed by atoms with Crippen LogP contribution >= 0.6 is 0 Å². The van der Waals surface area contributed by atoms with E-state index >= 15 is 0 Å². The monoisotopic (exact) mass is 155 g/mol. The van der Waals surface area contributed by atoms with Crippen LogP contribution in [0.1, 0.15) is 6.42 Å². The highest BCUT2D eigenvalue weighted by atomic mass is 32.2. The number of hydrogen-bond acceptors (Lipinski definition) is 2. The molecule has 0 amide bonds. The van der Waals surface area contributed by atoms with Crippen LogP contribution in [0.5, 0.6) is 0 Å². The lowest BCUT2D eigenvalue weighted by Crippen LogP contribution is -2.17. The molecule has 0 aliphatic carbocycles. The van der Waals surface area contributed by atoms with Crippen molar-refractivity contribution in [2.75, 3.05) is 12.3 Å². The van der Waals surface area contributed by atoms with E-state index < -0.39 is 17.3 Å². The largest absolute Gasteiger partial charge is 0.328 e. The molecule has 2 atom stereocenters. The van der Waals surface area contributed by atoms with Crippen molar-refractivity contribution in [2.45, 2.75) is 12.6 Å². The smallest absolute Gasteiger partial charge is 0.152 e. The summed E-state index contributed by atoms with van der Waals surface area (Å²) >= 11 is -1.88. The van der Waals surface area contributed by atoms with E-state index in [1.807, 2.05) is 0 Å². The van der Waals surface area contributed by atoms with Crippen molar-refractivity contribution in [3.05, 3.63) is 0 Å². The van der Waals surface area contributed by atoms with Crippen molar-refractivity contribution < 1.29 is 13.2 Å². The fraction of sp³-hybridized carbons (Fsp3) is 1.00.